The van der Waals surface area contributed by atoms with Crippen molar-refractivity contribution in [2.75, 3.05) is 6.16 Å². The highest BCUT2D eigenvalue weighted by molar-refractivity contribution is 7.84. The molecule has 0 aromatic heterocycles. The fourth-order valence-corrected chi connectivity index (χ4v) is 1.92. The summed E-state index contributed by atoms with van der Waals surface area (Å²) in [5, 5.41) is 0. The Kier molecular flexibility index (Phi) is 5.00. The monoisotopic (exact) mass is 152 g/mol. The van der Waals surface area contributed by atoms with Crippen molar-refractivity contribution in [1.82, 2.24) is 0 Å². The van der Waals surface area contributed by atoms with Crippen LogP contribution in [0.3, 0.4) is 0 Å². The van der Waals surface area contributed by atoms with Crippen LogP contribution >= 0.6 is 18.5 Å². The van der Waals surface area contributed by atoms with E-state index in [0.29, 0.717) is 5.66 Å². The predicted octanol–water partition coefficient (Wildman–Crippen LogP) is 3.44. The van der Waals surface area contributed by atoms with Crippen molar-refractivity contribution < 1.29 is 0 Å². The standard InChI is InChI=1S/C6H14ClP/c1-4-5-8(7)6(2)3/h6H,4-5H2,1-3H3. The quantitative estimate of drug-likeness (QED) is 0.544. The van der Waals surface area contributed by atoms with Gasteiger partial charge in [0.15, 0.2) is 0 Å². The molecule has 0 nitrogen and oxygen atoms in total. The molecule has 0 saturated heterocycles. The van der Waals surface area contributed by atoms with E-state index in [9.17, 15) is 0 Å². The summed E-state index contributed by atoms with van der Waals surface area (Å²) in [7, 11) is -0.167. The van der Waals surface area contributed by atoms with Crippen molar-refractivity contribution in [1.29, 1.82) is 0 Å². The van der Waals surface area contributed by atoms with Crippen LogP contribution in [0.5, 0.6) is 0 Å². The lowest BCUT2D eigenvalue weighted by Gasteiger charge is -2.10. The Bertz CT molecular complexity index is 54.5. The van der Waals surface area contributed by atoms with Gasteiger partial charge in [-0.15, -0.1) is 0 Å². The van der Waals surface area contributed by atoms with Gasteiger partial charge in [0, 0.05) is 0 Å². The Hall–Kier alpha value is 0.720. The van der Waals surface area contributed by atoms with Crippen LogP contribution in [0.2, 0.25) is 0 Å². The Labute approximate surface area is 58.2 Å². The molecule has 8 heavy (non-hydrogen) atoms. The van der Waals surface area contributed by atoms with E-state index in [-0.39, 0.29) is 7.27 Å². The molecule has 1 unspecified atom stereocenters. The second-order valence-electron chi connectivity index (χ2n) is 2.22. The smallest absolute Gasteiger partial charge is 0.00713 e. The molecular weight excluding hydrogens is 138 g/mol. The van der Waals surface area contributed by atoms with Crippen LogP contribution < -0.4 is 0 Å². The molecule has 2 heteroatoms. The van der Waals surface area contributed by atoms with E-state index in [4.69, 9.17) is 11.2 Å². The van der Waals surface area contributed by atoms with E-state index < -0.39 is 0 Å². The van der Waals surface area contributed by atoms with Gasteiger partial charge in [-0.1, -0.05) is 38.4 Å². The van der Waals surface area contributed by atoms with Gasteiger partial charge in [0.1, 0.15) is 0 Å². The summed E-state index contributed by atoms with van der Waals surface area (Å²) in [6.07, 6.45) is 2.45. The summed E-state index contributed by atoms with van der Waals surface area (Å²) in [6.45, 7) is 6.56. The van der Waals surface area contributed by atoms with Crippen molar-refractivity contribution in [2.24, 2.45) is 0 Å². The maximum absolute atomic E-state index is 5.98. The van der Waals surface area contributed by atoms with Crippen molar-refractivity contribution in [2.45, 2.75) is 32.9 Å². The van der Waals surface area contributed by atoms with E-state index >= 15 is 0 Å². The minimum absolute atomic E-state index is 0.167. The molecule has 1 atom stereocenters. The van der Waals surface area contributed by atoms with Crippen LogP contribution in [0.1, 0.15) is 27.2 Å². The molecule has 0 heterocycles. The van der Waals surface area contributed by atoms with Gasteiger partial charge in [-0.3, -0.25) is 0 Å². The van der Waals surface area contributed by atoms with Crippen LogP contribution in [0.4, 0.5) is 0 Å². The summed E-state index contributed by atoms with van der Waals surface area (Å²) in [6, 6.07) is 0. The summed E-state index contributed by atoms with van der Waals surface area (Å²) in [5.74, 6) is 0. The zero-order chi connectivity index (χ0) is 6.57. The number of rotatable bonds is 3. The zero-order valence-corrected chi connectivity index (χ0v) is 7.47. The van der Waals surface area contributed by atoms with E-state index in [1.54, 1.807) is 0 Å². The summed E-state index contributed by atoms with van der Waals surface area (Å²) >= 11 is 5.98. The first-order chi connectivity index (χ1) is 3.68. The highest BCUT2D eigenvalue weighted by atomic mass is 35.7. The molecule has 0 N–H and O–H groups in total. The predicted molar refractivity (Wildman–Crippen MR) is 43.1 cm³/mol. The van der Waals surface area contributed by atoms with Crippen LogP contribution in [0.15, 0.2) is 0 Å². The van der Waals surface area contributed by atoms with Gasteiger partial charge < -0.3 is 0 Å². The minimum atomic E-state index is -0.167. The van der Waals surface area contributed by atoms with Gasteiger partial charge in [0.05, 0.1) is 0 Å². The molecule has 0 aromatic rings. The van der Waals surface area contributed by atoms with Crippen molar-refractivity contribution in [3.05, 3.63) is 0 Å². The average molecular weight is 153 g/mol. The molecule has 0 aliphatic rings. The van der Waals surface area contributed by atoms with Crippen LogP contribution in [-0.2, 0) is 0 Å². The third-order valence-corrected chi connectivity index (χ3v) is 4.67. The molecule has 0 aromatic carbocycles. The molecule has 0 fully saturated rings. The van der Waals surface area contributed by atoms with Crippen molar-refractivity contribution in [3.8, 4) is 0 Å². The lowest BCUT2D eigenvalue weighted by Crippen LogP contribution is -1.89. The summed E-state index contributed by atoms with van der Waals surface area (Å²) in [4.78, 5) is 0. The Balaban J connectivity index is 3.17. The molecule has 0 rings (SSSR count). The van der Waals surface area contributed by atoms with E-state index in [2.05, 4.69) is 20.8 Å². The lowest BCUT2D eigenvalue weighted by molar-refractivity contribution is 1.05. The Morgan fingerprint density at radius 2 is 2.00 bits per heavy atom. The van der Waals surface area contributed by atoms with Gasteiger partial charge in [0.25, 0.3) is 0 Å². The molecule has 0 aliphatic heterocycles. The lowest BCUT2D eigenvalue weighted by atomic mass is 10.6. The Morgan fingerprint density at radius 3 is 2.12 bits per heavy atom. The first-order valence-electron chi connectivity index (χ1n) is 3.11. The van der Waals surface area contributed by atoms with Crippen molar-refractivity contribution in [3.63, 3.8) is 0 Å². The maximum Gasteiger partial charge on any atom is -0.00713 e. The fraction of sp³-hybridized carbons (Fsp3) is 1.00. The van der Waals surface area contributed by atoms with E-state index in [0.717, 1.165) is 0 Å². The van der Waals surface area contributed by atoms with Gasteiger partial charge in [-0.2, -0.15) is 0 Å². The molecule has 0 amide bonds. The largest absolute Gasteiger partial charge is 0.0962 e. The topological polar surface area (TPSA) is 0 Å². The molecule has 0 bridgehead atoms. The van der Waals surface area contributed by atoms with Gasteiger partial charge in [-0.05, 0) is 19.1 Å². The normalized spacial score (nSPS) is 14.6. The first-order valence-corrected chi connectivity index (χ1v) is 5.61. The molecule has 50 valence electrons. The summed E-state index contributed by atoms with van der Waals surface area (Å²) < 4.78 is 0. The van der Waals surface area contributed by atoms with Crippen LogP contribution in [0, 0.1) is 0 Å². The molecule has 0 radical (unpaired) electrons. The highest BCUT2D eigenvalue weighted by Gasteiger charge is 2.05. The Morgan fingerprint density at radius 1 is 1.50 bits per heavy atom. The third-order valence-electron chi connectivity index (χ3n) is 0.998. The molecular formula is C6H14ClP. The van der Waals surface area contributed by atoms with Gasteiger partial charge in [0.2, 0.25) is 0 Å². The first kappa shape index (κ1) is 8.72. The van der Waals surface area contributed by atoms with Crippen LogP contribution in [0.25, 0.3) is 0 Å². The molecule has 0 saturated carbocycles. The fourth-order valence-electron chi connectivity index (χ4n) is 0.472. The van der Waals surface area contributed by atoms with E-state index in [1.165, 1.54) is 12.6 Å². The highest BCUT2D eigenvalue weighted by Crippen LogP contribution is 2.46. The van der Waals surface area contributed by atoms with Crippen LogP contribution in [-0.4, -0.2) is 11.8 Å². The summed E-state index contributed by atoms with van der Waals surface area (Å²) in [5.41, 5.74) is 0.701. The minimum Gasteiger partial charge on any atom is -0.0962 e. The maximum atomic E-state index is 5.98. The number of hydrogen-bond donors (Lipinski definition) is 0. The molecule has 0 spiro atoms. The second-order valence-corrected chi connectivity index (χ2v) is 5.80. The van der Waals surface area contributed by atoms with Crippen molar-refractivity contribution >= 4 is 18.5 Å². The molecule has 0 aliphatic carbocycles. The average Bonchev–Trinajstić information content (AvgIpc) is 1.67. The zero-order valence-electron chi connectivity index (χ0n) is 5.82. The number of halogens is 1. The second kappa shape index (κ2) is 4.58. The third kappa shape index (κ3) is 3.69. The van der Waals surface area contributed by atoms with Gasteiger partial charge in [-0.25, -0.2) is 0 Å². The SMILES string of the molecule is CCCP(Cl)C(C)C. The van der Waals surface area contributed by atoms with E-state index in [1.807, 2.05) is 0 Å². The number of hydrogen-bond acceptors (Lipinski definition) is 0. The van der Waals surface area contributed by atoms with Gasteiger partial charge >= 0.3 is 0 Å².